The van der Waals surface area contributed by atoms with Gasteiger partial charge in [0.05, 0.1) is 0 Å². The summed E-state index contributed by atoms with van der Waals surface area (Å²) in [6.07, 6.45) is 1.72. The summed E-state index contributed by atoms with van der Waals surface area (Å²) < 4.78 is 15.2. The van der Waals surface area contributed by atoms with Crippen molar-refractivity contribution in [3.63, 3.8) is 0 Å². The lowest BCUT2D eigenvalue weighted by Crippen LogP contribution is -1.72. The van der Waals surface area contributed by atoms with E-state index in [2.05, 4.69) is 0 Å². The molecular formula is C5H10O2P+. The average molecular weight is 133 g/mol. The van der Waals surface area contributed by atoms with Gasteiger partial charge < -0.3 is 0 Å². The summed E-state index contributed by atoms with van der Waals surface area (Å²) in [6.45, 7) is 4.14. The van der Waals surface area contributed by atoms with Gasteiger partial charge in [-0.05, 0) is 24.5 Å². The maximum atomic E-state index is 10.5. The zero-order valence-corrected chi connectivity index (χ0v) is 6.02. The van der Waals surface area contributed by atoms with Crippen molar-refractivity contribution in [1.82, 2.24) is 0 Å². The second-order valence-electron chi connectivity index (χ2n) is 1.19. The standard InChI is InChI=1S/C5H10O2P/c1-3-5-8(6)7-4-2/h3,5H,4H2,1-2H3/q+1/b5-3+. The predicted molar refractivity (Wildman–Crippen MR) is 34.0 cm³/mol. The van der Waals surface area contributed by atoms with Gasteiger partial charge in [-0.1, -0.05) is 0 Å². The summed E-state index contributed by atoms with van der Waals surface area (Å²) in [5.41, 5.74) is 0. The number of hydrogen-bond acceptors (Lipinski definition) is 2. The van der Waals surface area contributed by atoms with Crippen molar-refractivity contribution in [2.75, 3.05) is 6.61 Å². The molecule has 0 aliphatic rings. The fraction of sp³-hybridized carbons (Fsp3) is 0.600. The van der Waals surface area contributed by atoms with Crippen LogP contribution < -0.4 is 0 Å². The molecule has 0 radical (unpaired) electrons. The molecule has 8 heavy (non-hydrogen) atoms. The molecule has 0 bridgehead atoms. The molecule has 46 valence electrons. The predicted octanol–water partition coefficient (Wildman–Crippen LogP) is 2.30. The average Bonchev–Trinajstić information content (AvgIpc) is 1.68. The molecule has 2 nitrogen and oxygen atoms in total. The summed E-state index contributed by atoms with van der Waals surface area (Å²) in [5, 5.41) is 0. The molecule has 0 saturated heterocycles. The summed E-state index contributed by atoms with van der Waals surface area (Å²) >= 11 is 0. The SMILES string of the molecule is C/C=C/[P+](=O)OCC. The molecule has 0 aromatic carbocycles. The zero-order chi connectivity index (χ0) is 6.41. The molecular weight excluding hydrogens is 123 g/mol. The van der Waals surface area contributed by atoms with E-state index >= 15 is 0 Å². The van der Waals surface area contributed by atoms with Crippen molar-refractivity contribution >= 4 is 8.03 Å². The Kier molecular flexibility index (Phi) is 4.82. The second kappa shape index (κ2) is 4.95. The van der Waals surface area contributed by atoms with Gasteiger partial charge >= 0.3 is 8.03 Å². The smallest absolute Gasteiger partial charge is 0.143 e. The Hall–Kier alpha value is -0.200. The van der Waals surface area contributed by atoms with Crippen molar-refractivity contribution in [3.8, 4) is 0 Å². The molecule has 1 atom stereocenters. The second-order valence-corrected chi connectivity index (χ2v) is 2.31. The van der Waals surface area contributed by atoms with Gasteiger partial charge in [0.25, 0.3) is 0 Å². The first-order chi connectivity index (χ1) is 3.81. The first kappa shape index (κ1) is 7.80. The van der Waals surface area contributed by atoms with Gasteiger partial charge in [0.2, 0.25) is 0 Å². The molecule has 0 rings (SSSR count). The first-order valence-electron chi connectivity index (χ1n) is 2.53. The number of allylic oxidation sites excluding steroid dienone is 1. The van der Waals surface area contributed by atoms with E-state index < -0.39 is 8.03 Å². The molecule has 0 aromatic rings. The molecule has 0 saturated carbocycles. The zero-order valence-electron chi connectivity index (χ0n) is 5.13. The maximum absolute atomic E-state index is 10.5. The number of hydrogen-bond donors (Lipinski definition) is 0. The van der Waals surface area contributed by atoms with Crippen LogP contribution in [0.4, 0.5) is 0 Å². The Morgan fingerprint density at radius 3 is 2.75 bits per heavy atom. The van der Waals surface area contributed by atoms with Gasteiger partial charge in [0.15, 0.2) is 5.82 Å². The Morgan fingerprint density at radius 2 is 2.38 bits per heavy atom. The van der Waals surface area contributed by atoms with Gasteiger partial charge in [0.1, 0.15) is 6.61 Å². The van der Waals surface area contributed by atoms with Gasteiger partial charge in [-0.25, -0.2) is 0 Å². The topological polar surface area (TPSA) is 26.3 Å². The lowest BCUT2D eigenvalue weighted by molar-refractivity contribution is 0.356. The van der Waals surface area contributed by atoms with E-state index in [0.717, 1.165) is 0 Å². The van der Waals surface area contributed by atoms with Gasteiger partial charge in [-0.2, -0.15) is 0 Å². The van der Waals surface area contributed by atoms with Crippen LogP contribution in [0.25, 0.3) is 0 Å². The molecule has 0 aliphatic heterocycles. The highest BCUT2D eigenvalue weighted by Crippen LogP contribution is 2.22. The summed E-state index contributed by atoms with van der Waals surface area (Å²) in [7, 11) is -1.51. The van der Waals surface area contributed by atoms with E-state index in [1.807, 2.05) is 13.8 Å². The largest absolute Gasteiger partial charge is 0.540 e. The molecule has 0 spiro atoms. The van der Waals surface area contributed by atoms with E-state index in [1.54, 1.807) is 11.9 Å². The summed E-state index contributed by atoms with van der Waals surface area (Å²) in [5.74, 6) is 1.54. The molecule has 0 N–H and O–H groups in total. The highest BCUT2D eigenvalue weighted by Gasteiger charge is 2.07. The molecule has 0 amide bonds. The van der Waals surface area contributed by atoms with Crippen molar-refractivity contribution in [2.45, 2.75) is 13.8 Å². The van der Waals surface area contributed by atoms with Crippen LogP contribution in [0.2, 0.25) is 0 Å². The highest BCUT2D eigenvalue weighted by molar-refractivity contribution is 7.42. The maximum Gasteiger partial charge on any atom is 0.540 e. The Labute approximate surface area is 50.4 Å². The third kappa shape index (κ3) is 3.97. The van der Waals surface area contributed by atoms with Crippen molar-refractivity contribution in [3.05, 3.63) is 11.9 Å². The van der Waals surface area contributed by atoms with E-state index in [9.17, 15) is 4.57 Å². The molecule has 0 heterocycles. The molecule has 1 unspecified atom stereocenters. The third-order valence-corrected chi connectivity index (χ3v) is 1.58. The van der Waals surface area contributed by atoms with Crippen LogP contribution in [0.3, 0.4) is 0 Å². The highest BCUT2D eigenvalue weighted by atomic mass is 31.1. The van der Waals surface area contributed by atoms with Gasteiger partial charge in [-0.3, -0.25) is 0 Å². The Bertz CT molecular complexity index is 98.6. The molecule has 0 fully saturated rings. The van der Waals surface area contributed by atoms with Crippen LogP contribution >= 0.6 is 8.03 Å². The minimum absolute atomic E-state index is 0.513. The van der Waals surface area contributed by atoms with E-state index in [4.69, 9.17) is 4.52 Å². The fourth-order valence-corrected chi connectivity index (χ4v) is 0.876. The normalized spacial score (nSPS) is 12.5. The quantitative estimate of drug-likeness (QED) is 0.552. The summed E-state index contributed by atoms with van der Waals surface area (Å²) in [4.78, 5) is 0. The van der Waals surface area contributed by atoms with Crippen molar-refractivity contribution in [1.29, 1.82) is 0 Å². The summed E-state index contributed by atoms with van der Waals surface area (Å²) in [6, 6.07) is 0. The van der Waals surface area contributed by atoms with E-state index in [0.29, 0.717) is 6.61 Å². The van der Waals surface area contributed by atoms with Crippen LogP contribution in [0, 0.1) is 0 Å². The first-order valence-corrected chi connectivity index (χ1v) is 3.78. The van der Waals surface area contributed by atoms with E-state index in [-0.39, 0.29) is 0 Å². The minimum Gasteiger partial charge on any atom is -0.143 e. The minimum atomic E-state index is -1.51. The van der Waals surface area contributed by atoms with Crippen LogP contribution in [-0.4, -0.2) is 6.61 Å². The molecule has 0 aromatic heterocycles. The van der Waals surface area contributed by atoms with Crippen LogP contribution in [-0.2, 0) is 9.09 Å². The van der Waals surface area contributed by atoms with Crippen molar-refractivity contribution in [2.24, 2.45) is 0 Å². The van der Waals surface area contributed by atoms with Crippen LogP contribution in [0.5, 0.6) is 0 Å². The Balaban J connectivity index is 3.33. The van der Waals surface area contributed by atoms with Crippen LogP contribution in [0.15, 0.2) is 11.9 Å². The monoisotopic (exact) mass is 133 g/mol. The van der Waals surface area contributed by atoms with Crippen LogP contribution in [0.1, 0.15) is 13.8 Å². The van der Waals surface area contributed by atoms with E-state index in [1.165, 1.54) is 0 Å². The number of rotatable bonds is 3. The Morgan fingerprint density at radius 1 is 1.75 bits per heavy atom. The lowest BCUT2D eigenvalue weighted by Gasteiger charge is -1.73. The van der Waals surface area contributed by atoms with Crippen molar-refractivity contribution < 1.29 is 9.09 Å². The fourth-order valence-electron chi connectivity index (χ4n) is 0.292. The molecule has 3 heteroatoms. The lowest BCUT2D eigenvalue weighted by atomic mass is 10.8. The molecule has 0 aliphatic carbocycles. The van der Waals surface area contributed by atoms with Gasteiger partial charge in [-0.15, -0.1) is 4.52 Å². The third-order valence-electron chi connectivity index (χ3n) is 0.527. The van der Waals surface area contributed by atoms with Gasteiger partial charge in [0, 0.05) is 0 Å².